The Balaban J connectivity index is 1.58. The molecule has 1 atom stereocenters. The number of amides is 2. The highest BCUT2D eigenvalue weighted by atomic mass is 32.1. The first kappa shape index (κ1) is 19.6. The third-order valence-corrected chi connectivity index (χ3v) is 4.81. The molecule has 0 saturated heterocycles. The molecule has 3 aromatic rings. The summed E-state index contributed by atoms with van der Waals surface area (Å²) in [6, 6.07) is 14.4. The first-order chi connectivity index (χ1) is 13.5. The van der Waals surface area contributed by atoms with Crippen LogP contribution in [0.4, 0.5) is 5.13 Å². The van der Waals surface area contributed by atoms with Crippen molar-refractivity contribution in [2.24, 2.45) is 0 Å². The molecule has 2 N–H and O–H groups in total. The molecular formula is C21H21N3O3S. The summed E-state index contributed by atoms with van der Waals surface area (Å²) in [5.74, 6) is 0.102. The fourth-order valence-electron chi connectivity index (χ4n) is 2.49. The van der Waals surface area contributed by atoms with Gasteiger partial charge in [-0.25, -0.2) is 4.98 Å². The normalized spacial score (nSPS) is 12.1. The number of hydrogen-bond acceptors (Lipinski definition) is 5. The molecule has 144 valence electrons. The predicted molar refractivity (Wildman–Crippen MR) is 112 cm³/mol. The minimum atomic E-state index is -0.695. The Morgan fingerprint density at radius 1 is 1.21 bits per heavy atom. The van der Waals surface area contributed by atoms with Gasteiger partial charge in [0.25, 0.3) is 0 Å². The second-order valence-electron chi connectivity index (χ2n) is 6.05. The Kier molecular flexibility index (Phi) is 6.39. The quantitative estimate of drug-likeness (QED) is 0.596. The average Bonchev–Trinajstić information content (AvgIpc) is 3.09. The van der Waals surface area contributed by atoms with E-state index in [1.807, 2.05) is 55.5 Å². The minimum Gasteiger partial charge on any atom is -0.494 e. The molecule has 1 aromatic heterocycles. The lowest BCUT2D eigenvalue weighted by Crippen LogP contribution is -2.40. The summed E-state index contributed by atoms with van der Waals surface area (Å²) in [4.78, 5) is 28.8. The number of carbonyl (C=O) groups is 2. The molecule has 0 spiro atoms. The first-order valence-corrected chi connectivity index (χ1v) is 9.74. The molecule has 1 unspecified atom stereocenters. The van der Waals surface area contributed by atoms with Crippen LogP contribution in [0.2, 0.25) is 0 Å². The zero-order valence-electron chi connectivity index (χ0n) is 15.6. The Labute approximate surface area is 167 Å². The number of hydrogen-bond donors (Lipinski definition) is 2. The second kappa shape index (κ2) is 9.14. The average molecular weight is 395 g/mol. The fraction of sp³-hybridized carbons (Fsp3) is 0.190. The van der Waals surface area contributed by atoms with Crippen molar-refractivity contribution >= 4 is 44.6 Å². The molecule has 0 aliphatic rings. The van der Waals surface area contributed by atoms with Gasteiger partial charge < -0.3 is 15.4 Å². The summed E-state index contributed by atoms with van der Waals surface area (Å²) < 4.78 is 6.40. The monoisotopic (exact) mass is 395 g/mol. The van der Waals surface area contributed by atoms with Crippen molar-refractivity contribution in [2.45, 2.75) is 19.9 Å². The smallest absolute Gasteiger partial charge is 0.248 e. The van der Waals surface area contributed by atoms with E-state index in [4.69, 9.17) is 4.74 Å². The van der Waals surface area contributed by atoms with Crippen LogP contribution in [0.15, 0.2) is 54.6 Å². The molecule has 3 rings (SSSR count). The molecule has 28 heavy (non-hydrogen) atoms. The van der Waals surface area contributed by atoms with Crippen LogP contribution in [0, 0.1) is 0 Å². The molecule has 0 aliphatic carbocycles. The standard InChI is InChI=1S/C21H21N3O3S/c1-3-27-16-10-11-17-18(13-16)28-21(23-17)24-20(26)14(2)22-19(25)12-9-15-7-5-4-6-8-15/h4-14H,3H2,1-2H3,(H,22,25)(H,23,24,26)/b12-9+. The molecule has 7 heteroatoms. The van der Waals surface area contributed by atoms with Crippen LogP contribution in [0.25, 0.3) is 16.3 Å². The van der Waals surface area contributed by atoms with E-state index in [0.717, 1.165) is 21.5 Å². The number of nitrogens with zero attached hydrogens (tertiary/aromatic N) is 1. The van der Waals surface area contributed by atoms with Gasteiger partial charge in [0.05, 0.1) is 16.8 Å². The molecule has 0 bridgehead atoms. The van der Waals surface area contributed by atoms with Gasteiger partial charge in [-0.3, -0.25) is 9.59 Å². The minimum absolute atomic E-state index is 0.328. The largest absolute Gasteiger partial charge is 0.494 e. The molecule has 0 aliphatic heterocycles. The van der Waals surface area contributed by atoms with Crippen LogP contribution in [0.1, 0.15) is 19.4 Å². The van der Waals surface area contributed by atoms with Gasteiger partial charge in [0.2, 0.25) is 11.8 Å². The molecule has 0 saturated carbocycles. The summed E-state index contributed by atoms with van der Waals surface area (Å²) >= 11 is 1.36. The van der Waals surface area contributed by atoms with Gasteiger partial charge in [-0.2, -0.15) is 0 Å². The van der Waals surface area contributed by atoms with E-state index in [9.17, 15) is 9.59 Å². The lowest BCUT2D eigenvalue weighted by atomic mass is 10.2. The van der Waals surface area contributed by atoms with Crippen LogP contribution < -0.4 is 15.4 Å². The van der Waals surface area contributed by atoms with Gasteiger partial charge in [0.15, 0.2) is 5.13 Å². The van der Waals surface area contributed by atoms with E-state index >= 15 is 0 Å². The fourth-order valence-corrected chi connectivity index (χ4v) is 3.39. The van der Waals surface area contributed by atoms with Crippen LogP contribution in [0.3, 0.4) is 0 Å². The lowest BCUT2D eigenvalue weighted by molar-refractivity contribution is -0.123. The zero-order valence-corrected chi connectivity index (χ0v) is 16.5. The Hall–Kier alpha value is -3.19. The van der Waals surface area contributed by atoms with Crippen LogP contribution in [0.5, 0.6) is 5.75 Å². The van der Waals surface area contributed by atoms with Gasteiger partial charge >= 0.3 is 0 Å². The summed E-state index contributed by atoms with van der Waals surface area (Å²) in [6.07, 6.45) is 3.11. The van der Waals surface area contributed by atoms with Crippen molar-refractivity contribution in [1.82, 2.24) is 10.3 Å². The van der Waals surface area contributed by atoms with Crippen molar-refractivity contribution in [3.63, 3.8) is 0 Å². The Morgan fingerprint density at radius 3 is 2.75 bits per heavy atom. The van der Waals surface area contributed by atoms with Crippen molar-refractivity contribution < 1.29 is 14.3 Å². The van der Waals surface area contributed by atoms with Gasteiger partial charge in [-0.1, -0.05) is 41.7 Å². The summed E-state index contributed by atoms with van der Waals surface area (Å²) in [6.45, 7) is 4.14. The number of anilines is 1. The molecule has 0 fully saturated rings. The highest BCUT2D eigenvalue weighted by Gasteiger charge is 2.16. The predicted octanol–water partition coefficient (Wildman–Crippen LogP) is 3.85. The summed E-state index contributed by atoms with van der Waals surface area (Å²) in [5.41, 5.74) is 1.70. The number of benzene rings is 2. The van der Waals surface area contributed by atoms with E-state index < -0.39 is 6.04 Å². The van der Waals surface area contributed by atoms with Crippen molar-refractivity contribution in [1.29, 1.82) is 0 Å². The van der Waals surface area contributed by atoms with E-state index in [-0.39, 0.29) is 11.8 Å². The number of fused-ring (bicyclic) bond motifs is 1. The van der Waals surface area contributed by atoms with E-state index in [1.165, 1.54) is 17.4 Å². The maximum absolute atomic E-state index is 12.4. The van der Waals surface area contributed by atoms with Crippen molar-refractivity contribution in [3.8, 4) is 5.75 Å². The van der Waals surface area contributed by atoms with Gasteiger partial charge in [0.1, 0.15) is 11.8 Å². The SMILES string of the molecule is CCOc1ccc2nc(NC(=O)C(C)NC(=O)/C=C/c3ccccc3)sc2c1. The number of rotatable bonds is 7. The maximum Gasteiger partial charge on any atom is 0.248 e. The zero-order chi connectivity index (χ0) is 19.9. The molecular weight excluding hydrogens is 374 g/mol. The number of nitrogens with one attached hydrogen (secondary N) is 2. The summed E-state index contributed by atoms with van der Waals surface area (Å²) in [7, 11) is 0. The first-order valence-electron chi connectivity index (χ1n) is 8.93. The lowest BCUT2D eigenvalue weighted by Gasteiger charge is -2.11. The molecule has 6 nitrogen and oxygen atoms in total. The molecule has 2 amide bonds. The third kappa shape index (κ3) is 5.17. The Bertz CT molecular complexity index is 999. The molecule has 1 heterocycles. The van der Waals surface area contributed by atoms with Gasteiger partial charge in [-0.15, -0.1) is 0 Å². The number of aromatic nitrogens is 1. The van der Waals surface area contributed by atoms with Crippen LogP contribution >= 0.6 is 11.3 Å². The van der Waals surface area contributed by atoms with Crippen molar-refractivity contribution in [2.75, 3.05) is 11.9 Å². The third-order valence-electron chi connectivity index (χ3n) is 3.88. The van der Waals surface area contributed by atoms with Crippen LogP contribution in [-0.2, 0) is 9.59 Å². The maximum atomic E-state index is 12.4. The number of ether oxygens (including phenoxy) is 1. The van der Waals surface area contributed by atoms with E-state index in [1.54, 1.807) is 13.0 Å². The Morgan fingerprint density at radius 2 is 2.00 bits per heavy atom. The number of carbonyl (C=O) groups excluding carboxylic acids is 2. The van der Waals surface area contributed by atoms with Crippen molar-refractivity contribution in [3.05, 3.63) is 60.2 Å². The topological polar surface area (TPSA) is 80.3 Å². The molecule has 0 radical (unpaired) electrons. The molecule has 2 aromatic carbocycles. The number of thiazole rings is 1. The van der Waals surface area contributed by atoms with E-state index in [0.29, 0.717) is 11.7 Å². The van der Waals surface area contributed by atoms with Gasteiger partial charge in [0, 0.05) is 6.08 Å². The van der Waals surface area contributed by atoms with E-state index in [2.05, 4.69) is 15.6 Å². The second-order valence-corrected chi connectivity index (χ2v) is 7.08. The summed E-state index contributed by atoms with van der Waals surface area (Å²) in [5, 5.41) is 5.88. The van der Waals surface area contributed by atoms with Crippen LogP contribution in [-0.4, -0.2) is 29.4 Å². The van der Waals surface area contributed by atoms with Gasteiger partial charge in [-0.05, 0) is 43.7 Å². The highest BCUT2D eigenvalue weighted by Crippen LogP contribution is 2.29. The highest BCUT2D eigenvalue weighted by molar-refractivity contribution is 7.22.